The Morgan fingerprint density at radius 1 is 1.22 bits per heavy atom. The van der Waals surface area contributed by atoms with Crippen LogP contribution < -0.4 is 11.1 Å². The lowest BCUT2D eigenvalue weighted by atomic mass is 10.1. The molecule has 0 saturated heterocycles. The molecule has 9 nitrogen and oxygen atoms in total. The molecule has 2 aromatic carbocycles. The van der Waals surface area contributed by atoms with Crippen molar-refractivity contribution in [3.05, 3.63) is 63.2 Å². The van der Waals surface area contributed by atoms with E-state index in [-0.39, 0.29) is 16.8 Å². The van der Waals surface area contributed by atoms with Crippen molar-refractivity contribution in [1.82, 2.24) is 0 Å². The van der Waals surface area contributed by atoms with Gasteiger partial charge >= 0.3 is 12.1 Å². The van der Waals surface area contributed by atoms with E-state index < -0.39 is 58.4 Å². The molecule has 0 spiro atoms. The van der Waals surface area contributed by atoms with Gasteiger partial charge in [0.15, 0.2) is 0 Å². The van der Waals surface area contributed by atoms with Crippen LogP contribution >= 0.6 is 11.8 Å². The molecule has 1 unspecified atom stereocenters. The first-order chi connectivity index (χ1) is 15.0. The van der Waals surface area contributed by atoms with Gasteiger partial charge in [-0.25, -0.2) is 0 Å². The number of nitrogens with zero attached hydrogens (tertiary/aromatic N) is 1. The number of halogens is 3. The number of nitro benzene ring substituents is 1. The van der Waals surface area contributed by atoms with Gasteiger partial charge in [0, 0.05) is 16.5 Å². The summed E-state index contributed by atoms with van der Waals surface area (Å²) in [5.74, 6) is -2.38. The van der Waals surface area contributed by atoms with E-state index in [0.29, 0.717) is 4.90 Å². The van der Waals surface area contributed by atoms with Crippen LogP contribution in [0.3, 0.4) is 0 Å². The van der Waals surface area contributed by atoms with Crippen LogP contribution in [0, 0.1) is 10.1 Å². The number of nitrogens with one attached hydrogen (secondary N) is 1. The minimum absolute atomic E-state index is 0.00962. The second-order valence-electron chi connectivity index (χ2n) is 6.63. The zero-order chi connectivity index (χ0) is 23.6. The quantitative estimate of drug-likeness (QED) is 0.376. The van der Waals surface area contributed by atoms with Gasteiger partial charge in [-0.2, -0.15) is 13.2 Å². The first kappa shape index (κ1) is 23.1. The molecule has 2 aromatic rings. The van der Waals surface area contributed by atoms with Crippen molar-refractivity contribution in [2.45, 2.75) is 29.3 Å². The molecule has 3 N–H and O–H groups in total. The highest BCUT2D eigenvalue weighted by atomic mass is 32.2. The number of anilines is 1. The zero-order valence-electron chi connectivity index (χ0n) is 16.0. The number of nitro groups is 1. The van der Waals surface area contributed by atoms with Crippen LogP contribution in [0.15, 0.2) is 41.3 Å². The number of thioether (sulfide) groups is 1. The fourth-order valence-electron chi connectivity index (χ4n) is 2.84. The number of benzene rings is 2. The number of esters is 1. The summed E-state index contributed by atoms with van der Waals surface area (Å²) < 4.78 is 43.5. The van der Waals surface area contributed by atoms with Crippen molar-refractivity contribution in [2.24, 2.45) is 5.73 Å². The van der Waals surface area contributed by atoms with E-state index in [1.54, 1.807) is 0 Å². The molecule has 0 bridgehead atoms. The third-order valence-electron chi connectivity index (χ3n) is 4.43. The monoisotopic (exact) mass is 469 g/mol. The Morgan fingerprint density at radius 3 is 2.56 bits per heavy atom. The molecule has 32 heavy (non-hydrogen) atoms. The summed E-state index contributed by atoms with van der Waals surface area (Å²) in [6.45, 7) is -0.487. The Bertz CT molecular complexity index is 1120. The van der Waals surface area contributed by atoms with E-state index in [9.17, 15) is 37.7 Å². The zero-order valence-corrected chi connectivity index (χ0v) is 16.8. The second kappa shape index (κ2) is 8.86. The summed E-state index contributed by atoms with van der Waals surface area (Å²) >= 11 is 0.908. The van der Waals surface area contributed by atoms with Crippen LogP contribution in [0.5, 0.6) is 0 Å². The predicted octanol–water partition coefficient (Wildman–Crippen LogP) is 3.26. The van der Waals surface area contributed by atoms with Crippen LogP contribution in [0.4, 0.5) is 24.5 Å². The molecule has 0 aliphatic carbocycles. The van der Waals surface area contributed by atoms with Crippen LogP contribution in [0.1, 0.15) is 27.9 Å². The first-order valence-electron chi connectivity index (χ1n) is 8.87. The lowest BCUT2D eigenvalue weighted by molar-refractivity contribution is -0.385. The number of carbonyl (C=O) groups is 3. The molecule has 0 aromatic heterocycles. The highest BCUT2D eigenvalue weighted by Gasteiger charge is 2.34. The number of amides is 2. The molecular formula is C19H14F3N3O6S. The van der Waals surface area contributed by atoms with E-state index >= 15 is 0 Å². The highest BCUT2D eigenvalue weighted by Crippen LogP contribution is 2.40. The molecule has 168 valence electrons. The number of primary amides is 1. The van der Waals surface area contributed by atoms with Crippen molar-refractivity contribution in [1.29, 1.82) is 0 Å². The summed E-state index contributed by atoms with van der Waals surface area (Å²) in [6.07, 6.45) is -4.98. The van der Waals surface area contributed by atoms with Crippen molar-refractivity contribution >= 4 is 40.9 Å². The van der Waals surface area contributed by atoms with Gasteiger partial charge in [-0.3, -0.25) is 24.5 Å². The van der Waals surface area contributed by atoms with Gasteiger partial charge in [0.05, 0.1) is 33.4 Å². The van der Waals surface area contributed by atoms with E-state index in [1.165, 1.54) is 18.2 Å². The normalized spacial score (nSPS) is 15.5. The molecule has 2 amide bonds. The van der Waals surface area contributed by atoms with Crippen molar-refractivity contribution in [3.8, 4) is 0 Å². The lowest BCUT2D eigenvalue weighted by Gasteiger charge is -2.24. The fourth-order valence-corrected chi connectivity index (χ4v) is 3.91. The average Bonchev–Trinajstić information content (AvgIpc) is 2.71. The molecule has 1 atom stereocenters. The minimum atomic E-state index is -4.57. The largest absolute Gasteiger partial charge is 0.460 e. The van der Waals surface area contributed by atoms with Gasteiger partial charge in [0.2, 0.25) is 11.8 Å². The minimum Gasteiger partial charge on any atom is -0.460 e. The Kier molecular flexibility index (Phi) is 6.39. The van der Waals surface area contributed by atoms with Gasteiger partial charge in [-0.05, 0) is 30.3 Å². The summed E-state index contributed by atoms with van der Waals surface area (Å²) in [6, 6.07) is 6.31. The van der Waals surface area contributed by atoms with Crippen molar-refractivity contribution < 1.29 is 37.2 Å². The second-order valence-corrected chi connectivity index (χ2v) is 7.88. The molecule has 1 aliphatic heterocycles. The van der Waals surface area contributed by atoms with Gasteiger partial charge in [-0.1, -0.05) is 0 Å². The van der Waals surface area contributed by atoms with Gasteiger partial charge in [0.25, 0.3) is 5.69 Å². The van der Waals surface area contributed by atoms with Crippen LogP contribution in [-0.2, 0) is 27.1 Å². The average molecular weight is 469 g/mol. The molecule has 3 rings (SSSR count). The number of hydrogen-bond acceptors (Lipinski definition) is 7. The third kappa shape index (κ3) is 5.17. The summed E-state index contributed by atoms with van der Waals surface area (Å²) in [5, 5.41) is 12.6. The SMILES string of the molecule is NC(=O)c1ccc(COC(=O)CC2Sc3ccc(C(F)(F)F)cc3NC2=O)c([N+](=O)[O-])c1. The standard InChI is InChI=1S/C19H14F3N3O6S/c20-19(21,22)11-3-4-14-12(6-11)24-18(28)15(32-14)7-16(26)31-8-10-2-1-9(17(23)27)5-13(10)25(29)30/h1-6,15H,7-8H2,(H2,23,27)(H,24,28). The number of rotatable bonds is 6. The summed E-state index contributed by atoms with van der Waals surface area (Å²) in [4.78, 5) is 46.4. The maximum absolute atomic E-state index is 12.8. The smallest absolute Gasteiger partial charge is 0.416 e. The fraction of sp³-hybridized carbons (Fsp3) is 0.211. The van der Waals surface area contributed by atoms with E-state index in [4.69, 9.17) is 10.5 Å². The van der Waals surface area contributed by atoms with Crippen LogP contribution in [-0.4, -0.2) is 28.0 Å². The molecule has 13 heteroatoms. The van der Waals surface area contributed by atoms with E-state index in [1.807, 2.05) is 0 Å². The van der Waals surface area contributed by atoms with Gasteiger partial charge < -0.3 is 15.8 Å². The van der Waals surface area contributed by atoms with Gasteiger partial charge in [0.1, 0.15) is 6.61 Å². The topological polar surface area (TPSA) is 142 Å². The lowest BCUT2D eigenvalue weighted by Crippen LogP contribution is -2.31. The molecule has 0 saturated carbocycles. The maximum Gasteiger partial charge on any atom is 0.416 e. The Hall–Kier alpha value is -3.61. The van der Waals surface area contributed by atoms with Crippen molar-refractivity contribution in [2.75, 3.05) is 5.32 Å². The Labute approximate surface area is 182 Å². The number of carbonyl (C=O) groups excluding carboxylic acids is 3. The van der Waals surface area contributed by atoms with Crippen LogP contribution in [0.25, 0.3) is 0 Å². The third-order valence-corrected chi connectivity index (χ3v) is 5.71. The molecule has 1 heterocycles. The van der Waals surface area contributed by atoms with E-state index in [0.717, 1.165) is 30.0 Å². The number of nitrogens with two attached hydrogens (primary N) is 1. The number of alkyl halides is 3. The Balaban J connectivity index is 1.65. The molecule has 0 radical (unpaired) electrons. The van der Waals surface area contributed by atoms with Gasteiger partial charge in [-0.15, -0.1) is 11.8 Å². The van der Waals surface area contributed by atoms with Crippen LogP contribution in [0.2, 0.25) is 0 Å². The summed E-state index contributed by atoms with van der Waals surface area (Å²) in [7, 11) is 0. The highest BCUT2D eigenvalue weighted by molar-refractivity contribution is 8.01. The van der Waals surface area contributed by atoms with Crippen molar-refractivity contribution in [3.63, 3.8) is 0 Å². The number of ether oxygens (including phenoxy) is 1. The number of fused-ring (bicyclic) bond motifs is 1. The van der Waals surface area contributed by atoms with E-state index in [2.05, 4.69) is 5.32 Å². The Morgan fingerprint density at radius 2 is 1.94 bits per heavy atom. The molecule has 0 fully saturated rings. The maximum atomic E-state index is 12.8. The predicted molar refractivity (Wildman–Crippen MR) is 106 cm³/mol. The summed E-state index contributed by atoms with van der Waals surface area (Å²) in [5.41, 5.74) is 3.63. The molecular weight excluding hydrogens is 455 g/mol. The first-order valence-corrected chi connectivity index (χ1v) is 9.75. The molecule has 1 aliphatic rings. The number of hydrogen-bond donors (Lipinski definition) is 2.